The summed E-state index contributed by atoms with van der Waals surface area (Å²) in [6.45, 7) is 7.57. The maximum absolute atomic E-state index is 14.1. The molecule has 0 atom stereocenters. The average Bonchev–Trinajstić information content (AvgIpc) is 2.84. The molecule has 0 aliphatic carbocycles. The number of halogens is 1. The molecule has 0 N–H and O–H groups in total. The van der Waals surface area contributed by atoms with Crippen molar-refractivity contribution in [3.05, 3.63) is 29.8 Å². The van der Waals surface area contributed by atoms with Gasteiger partial charge in [-0.25, -0.2) is 4.98 Å². The van der Waals surface area contributed by atoms with E-state index in [2.05, 4.69) is 15.2 Å². The zero-order valence-corrected chi connectivity index (χ0v) is 11.8. The Morgan fingerprint density at radius 3 is 2.70 bits per heavy atom. The number of rotatable bonds is 3. The number of fused-ring (bicyclic) bond motifs is 3. The van der Waals surface area contributed by atoms with Gasteiger partial charge in [0, 0.05) is 19.3 Å². The van der Waals surface area contributed by atoms with Crippen LogP contribution < -0.4 is 4.90 Å². The lowest BCUT2D eigenvalue weighted by Gasteiger charge is -2.18. The molecule has 3 aromatic heterocycles. The molecule has 104 valence electrons. The van der Waals surface area contributed by atoms with Crippen LogP contribution in [0.1, 0.15) is 19.4 Å². The Hall–Kier alpha value is -2.24. The van der Waals surface area contributed by atoms with E-state index in [4.69, 9.17) is 0 Å². The molecule has 20 heavy (non-hydrogen) atoms. The predicted octanol–water partition coefficient (Wildman–Crippen LogP) is 2.57. The Labute approximate surface area is 116 Å². The highest BCUT2D eigenvalue weighted by atomic mass is 19.1. The van der Waals surface area contributed by atoms with Crippen LogP contribution >= 0.6 is 0 Å². The Kier molecular flexibility index (Phi) is 3.00. The topological polar surface area (TPSA) is 46.3 Å². The largest absolute Gasteiger partial charge is 0.354 e. The van der Waals surface area contributed by atoms with E-state index in [0.717, 1.165) is 24.3 Å². The van der Waals surface area contributed by atoms with Crippen LogP contribution in [0.25, 0.3) is 16.7 Å². The van der Waals surface area contributed by atoms with E-state index in [1.807, 2.05) is 37.8 Å². The molecular formula is C14H16FN5. The number of hydrogen-bond acceptors (Lipinski definition) is 4. The van der Waals surface area contributed by atoms with E-state index in [1.54, 1.807) is 10.6 Å². The van der Waals surface area contributed by atoms with Gasteiger partial charge in [0.25, 0.3) is 5.95 Å². The number of anilines is 1. The standard InChI is InChI=1S/C14H16FN5/c1-4-19(5-2)14-10-11(12(15)17-18-14)20-8-6-7-9(3)13(20)16-10/h6-8H,4-5H2,1-3H3. The molecule has 0 fully saturated rings. The minimum Gasteiger partial charge on any atom is -0.354 e. The molecule has 0 saturated carbocycles. The van der Waals surface area contributed by atoms with Crippen molar-refractivity contribution >= 4 is 22.5 Å². The summed E-state index contributed by atoms with van der Waals surface area (Å²) in [5, 5.41) is 7.66. The highest BCUT2D eigenvalue weighted by molar-refractivity contribution is 5.89. The van der Waals surface area contributed by atoms with E-state index >= 15 is 0 Å². The van der Waals surface area contributed by atoms with Crippen LogP contribution in [-0.4, -0.2) is 32.7 Å². The third-order valence-electron chi connectivity index (χ3n) is 3.55. The van der Waals surface area contributed by atoms with Gasteiger partial charge in [0.1, 0.15) is 16.7 Å². The van der Waals surface area contributed by atoms with E-state index in [-0.39, 0.29) is 0 Å². The minimum absolute atomic E-state index is 0.389. The molecular weight excluding hydrogens is 257 g/mol. The lowest BCUT2D eigenvalue weighted by atomic mass is 10.3. The number of hydrogen-bond donors (Lipinski definition) is 0. The van der Waals surface area contributed by atoms with Crippen molar-refractivity contribution in [1.82, 2.24) is 19.6 Å². The summed E-state index contributed by atoms with van der Waals surface area (Å²) >= 11 is 0. The Balaban J connectivity index is 2.43. The van der Waals surface area contributed by atoms with E-state index in [9.17, 15) is 4.39 Å². The van der Waals surface area contributed by atoms with Gasteiger partial charge in [-0.15, -0.1) is 10.2 Å². The van der Waals surface area contributed by atoms with Gasteiger partial charge >= 0.3 is 0 Å². The summed E-state index contributed by atoms with van der Waals surface area (Å²) in [5.41, 5.74) is 2.69. The molecule has 5 nitrogen and oxygen atoms in total. The van der Waals surface area contributed by atoms with Crippen LogP contribution in [0.2, 0.25) is 0 Å². The summed E-state index contributed by atoms with van der Waals surface area (Å²) in [7, 11) is 0. The van der Waals surface area contributed by atoms with Gasteiger partial charge in [0.15, 0.2) is 5.82 Å². The molecule has 0 bridgehead atoms. The minimum atomic E-state index is -0.589. The van der Waals surface area contributed by atoms with Gasteiger partial charge in [0.05, 0.1) is 0 Å². The first kappa shape index (κ1) is 12.8. The first-order valence-electron chi connectivity index (χ1n) is 6.71. The monoisotopic (exact) mass is 273 g/mol. The summed E-state index contributed by atoms with van der Waals surface area (Å²) < 4.78 is 15.8. The third-order valence-corrected chi connectivity index (χ3v) is 3.55. The molecule has 0 saturated heterocycles. The highest BCUT2D eigenvalue weighted by Gasteiger charge is 2.19. The van der Waals surface area contributed by atoms with Gasteiger partial charge in [-0.1, -0.05) is 6.07 Å². The zero-order chi connectivity index (χ0) is 14.3. The van der Waals surface area contributed by atoms with E-state index in [0.29, 0.717) is 16.9 Å². The lowest BCUT2D eigenvalue weighted by molar-refractivity contribution is 0.572. The van der Waals surface area contributed by atoms with Gasteiger partial charge in [-0.05, 0) is 32.4 Å². The molecule has 0 aliphatic heterocycles. The fourth-order valence-corrected chi connectivity index (χ4v) is 2.48. The molecule has 0 spiro atoms. The molecule has 3 rings (SSSR count). The molecule has 6 heteroatoms. The SMILES string of the molecule is CCN(CC)c1nnc(F)c2c1nc1c(C)cccn12. The van der Waals surface area contributed by atoms with Crippen LogP contribution in [0.15, 0.2) is 18.3 Å². The summed E-state index contributed by atoms with van der Waals surface area (Å²) in [6.07, 6.45) is 1.80. The van der Waals surface area contributed by atoms with Crippen molar-refractivity contribution in [3.8, 4) is 0 Å². The number of nitrogens with zero attached hydrogens (tertiary/aromatic N) is 5. The first-order chi connectivity index (χ1) is 9.67. The van der Waals surface area contributed by atoms with Gasteiger partial charge in [-0.3, -0.25) is 4.40 Å². The number of aromatic nitrogens is 4. The van der Waals surface area contributed by atoms with Crippen molar-refractivity contribution in [2.75, 3.05) is 18.0 Å². The zero-order valence-electron chi connectivity index (χ0n) is 11.8. The van der Waals surface area contributed by atoms with Gasteiger partial charge < -0.3 is 4.90 Å². The summed E-state index contributed by atoms with van der Waals surface area (Å²) in [4.78, 5) is 6.60. The van der Waals surface area contributed by atoms with Crippen molar-refractivity contribution in [1.29, 1.82) is 0 Å². The third kappa shape index (κ3) is 1.71. The maximum Gasteiger partial charge on any atom is 0.259 e. The average molecular weight is 273 g/mol. The Bertz CT molecular complexity index is 776. The van der Waals surface area contributed by atoms with E-state index in [1.165, 1.54) is 0 Å². The number of imidazole rings is 1. The van der Waals surface area contributed by atoms with Crippen molar-refractivity contribution in [3.63, 3.8) is 0 Å². The van der Waals surface area contributed by atoms with Crippen LogP contribution in [0.3, 0.4) is 0 Å². The molecule has 3 aromatic rings. The number of pyridine rings is 1. The molecule has 0 unspecified atom stereocenters. The smallest absolute Gasteiger partial charge is 0.259 e. The van der Waals surface area contributed by atoms with Gasteiger partial charge in [0.2, 0.25) is 0 Å². The second-order valence-electron chi connectivity index (χ2n) is 4.68. The van der Waals surface area contributed by atoms with Crippen LogP contribution in [0.4, 0.5) is 10.2 Å². The van der Waals surface area contributed by atoms with Crippen LogP contribution in [0.5, 0.6) is 0 Å². The van der Waals surface area contributed by atoms with Crippen molar-refractivity contribution in [2.45, 2.75) is 20.8 Å². The van der Waals surface area contributed by atoms with Crippen LogP contribution in [0, 0.1) is 12.9 Å². The lowest BCUT2D eigenvalue weighted by Crippen LogP contribution is -2.24. The first-order valence-corrected chi connectivity index (χ1v) is 6.71. The molecule has 3 heterocycles. The molecule has 0 aromatic carbocycles. The Morgan fingerprint density at radius 2 is 2.00 bits per heavy atom. The fraction of sp³-hybridized carbons (Fsp3) is 0.357. The van der Waals surface area contributed by atoms with Gasteiger partial charge in [-0.2, -0.15) is 4.39 Å². The molecule has 0 radical (unpaired) electrons. The summed E-state index contributed by atoms with van der Waals surface area (Å²) in [5.74, 6) is 0.0449. The normalized spacial score (nSPS) is 11.4. The Morgan fingerprint density at radius 1 is 1.25 bits per heavy atom. The predicted molar refractivity (Wildman–Crippen MR) is 76.5 cm³/mol. The second-order valence-corrected chi connectivity index (χ2v) is 4.68. The summed E-state index contributed by atoms with van der Waals surface area (Å²) in [6, 6.07) is 3.83. The maximum atomic E-state index is 14.1. The molecule has 0 amide bonds. The quantitative estimate of drug-likeness (QED) is 0.736. The highest BCUT2D eigenvalue weighted by Crippen LogP contribution is 2.26. The van der Waals surface area contributed by atoms with E-state index < -0.39 is 5.95 Å². The van der Waals surface area contributed by atoms with Crippen molar-refractivity contribution < 1.29 is 4.39 Å². The van der Waals surface area contributed by atoms with Crippen molar-refractivity contribution in [2.24, 2.45) is 0 Å². The number of aryl methyl sites for hydroxylation is 1. The fourth-order valence-electron chi connectivity index (χ4n) is 2.48. The van der Waals surface area contributed by atoms with Crippen LogP contribution in [-0.2, 0) is 0 Å². The second kappa shape index (κ2) is 4.70. The molecule has 0 aliphatic rings.